The lowest BCUT2D eigenvalue weighted by molar-refractivity contribution is 0.0730. The highest BCUT2D eigenvalue weighted by atomic mass is 16.5. The van der Waals surface area contributed by atoms with Crippen molar-refractivity contribution in [1.29, 1.82) is 0 Å². The molecule has 2 heterocycles. The number of nitrogens with zero attached hydrogens (tertiary/aromatic N) is 1. The van der Waals surface area contributed by atoms with Crippen molar-refractivity contribution in [3.63, 3.8) is 0 Å². The molecule has 0 bridgehead atoms. The molecular formula is C31H31NO6. The van der Waals surface area contributed by atoms with Crippen molar-refractivity contribution in [3.8, 4) is 17.2 Å². The molecule has 7 heteroatoms. The summed E-state index contributed by atoms with van der Waals surface area (Å²) in [4.78, 5) is 29.4. The summed E-state index contributed by atoms with van der Waals surface area (Å²) in [5.41, 5.74) is 4.26. The van der Waals surface area contributed by atoms with E-state index in [9.17, 15) is 9.59 Å². The van der Waals surface area contributed by atoms with Crippen LogP contribution >= 0.6 is 0 Å². The van der Waals surface area contributed by atoms with Gasteiger partial charge in [0.2, 0.25) is 5.76 Å². The predicted octanol–water partition coefficient (Wildman–Crippen LogP) is 5.61. The Kier molecular flexibility index (Phi) is 6.85. The van der Waals surface area contributed by atoms with E-state index in [1.165, 1.54) is 0 Å². The number of aryl methyl sites for hydroxylation is 2. The van der Waals surface area contributed by atoms with Gasteiger partial charge in [-0.05, 0) is 79.8 Å². The summed E-state index contributed by atoms with van der Waals surface area (Å²) in [5.74, 6) is 1.81. The molecule has 0 saturated heterocycles. The van der Waals surface area contributed by atoms with Gasteiger partial charge >= 0.3 is 0 Å². The van der Waals surface area contributed by atoms with E-state index in [2.05, 4.69) is 0 Å². The van der Waals surface area contributed by atoms with Crippen LogP contribution in [0.3, 0.4) is 0 Å². The van der Waals surface area contributed by atoms with E-state index in [0.29, 0.717) is 47.6 Å². The minimum atomic E-state index is -0.574. The molecular weight excluding hydrogens is 482 g/mol. The number of benzene rings is 3. The lowest BCUT2D eigenvalue weighted by atomic mass is 9.97. The third-order valence-corrected chi connectivity index (χ3v) is 6.99. The maximum Gasteiger partial charge on any atom is 0.290 e. The molecule has 0 aliphatic carbocycles. The summed E-state index contributed by atoms with van der Waals surface area (Å²) >= 11 is 0. The fourth-order valence-corrected chi connectivity index (χ4v) is 5.25. The van der Waals surface area contributed by atoms with Gasteiger partial charge in [0.15, 0.2) is 16.9 Å². The van der Waals surface area contributed by atoms with Gasteiger partial charge in [-0.25, -0.2) is 0 Å². The molecule has 3 aromatic carbocycles. The molecule has 0 saturated carbocycles. The number of hydrogen-bond acceptors (Lipinski definition) is 6. The van der Waals surface area contributed by atoms with Gasteiger partial charge in [-0.3, -0.25) is 9.59 Å². The topological polar surface area (TPSA) is 78.2 Å². The van der Waals surface area contributed by atoms with Gasteiger partial charge in [0, 0.05) is 6.54 Å². The molecule has 0 spiro atoms. The van der Waals surface area contributed by atoms with E-state index in [-0.39, 0.29) is 17.1 Å². The van der Waals surface area contributed by atoms with Gasteiger partial charge in [-0.2, -0.15) is 0 Å². The van der Waals surface area contributed by atoms with Crippen molar-refractivity contribution >= 4 is 16.9 Å². The number of ether oxygens (including phenoxy) is 3. The molecule has 1 atom stereocenters. The first-order valence-electron chi connectivity index (χ1n) is 12.7. The van der Waals surface area contributed by atoms with Crippen molar-refractivity contribution in [1.82, 2.24) is 4.90 Å². The van der Waals surface area contributed by atoms with Crippen molar-refractivity contribution in [2.75, 3.05) is 27.4 Å². The van der Waals surface area contributed by atoms with Crippen LogP contribution in [0.25, 0.3) is 11.0 Å². The second kappa shape index (κ2) is 10.2. The fraction of sp³-hybridized carbons (Fsp3) is 0.290. The van der Waals surface area contributed by atoms with Gasteiger partial charge in [-0.15, -0.1) is 0 Å². The zero-order chi connectivity index (χ0) is 27.0. The van der Waals surface area contributed by atoms with E-state index in [1.807, 2.05) is 75.4 Å². The van der Waals surface area contributed by atoms with E-state index < -0.39 is 6.04 Å². The van der Waals surface area contributed by atoms with Crippen LogP contribution in [-0.4, -0.2) is 38.2 Å². The molecule has 1 aromatic heterocycles. The first-order chi connectivity index (χ1) is 18.4. The van der Waals surface area contributed by atoms with Crippen LogP contribution in [0, 0.1) is 13.8 Å². The third kappa shape index (κ3) is 4.38. The van der Waals surface area contributed by atoms with Crippen LogP contribution in [0.5, 0.6) is 17.2 Å². The maximum absolute atomic E-state index is 13.9. The lowest BCUT2D eigenvalue weighted by Gasteiger charge is -2.25. The number of hydrogen-bond donors (Lipinski definition) is 0. The standard InChI is InChI=1S/C31H31NO6/c1-6-37-22-10-8-21(9-11-22)27-26-28(33)23-16-18(2)15-19(3)29(23)38-30(26)31(34)32(27)14-13-20-7-12-24(35-4)25(17-20)36-5/h7-12,15-17,27H,6,13-14H2,1-5H3. The van der Waals surface area contributed by atoms with Crippen LogP contribution < -0.4 is 19.6 Å². The van der Waals surface area contributed by atoms with Crippen molar-refractivity contribution in [2.45, 2.75) is 33.2 Å². The average molecular weight is 514 g/mol. The number of carbonyl (C=O) groups is 1. The second-order valence-electron chi connectivity index (χ2n) is 9.47. The Bertz CT molecular complexity index is 1570. The van der Waals surface area contributed by atoms with E-state index in [1.54, 1.807) is 19.1 Å². The van der Waals surface area contributed by atoms with Gasteiger partial charge in [0.1, 0.15) is 11.3 Å². The summed E-state index contributed by atoms with van der Waals surface area (Å²) < 4.78 is 22.6. The number of methoxy groups -OCH3 is 2. The molecule has 5 rings (SSSR count). The highest BCUT2D eigenvalue weighted by molar-refractivity contribution is 5.99. The number of fused-ring (bicyclic) bond motifs is 2. The maximum atomic E-state index is 13.9. The number of rotatable bonds is 8. The minimum absolute atomic E-state index is 0.112. The van der Waals surface area contributed by atoms with Gasteiger partial charge in [-0.1, -0.05) is 24.3 Å². The molecule has 196 valence electrons. The van der Waals surface area contributed by atoms with Gasteiger partial charge < -0.3 is 23.5 Å². The monoisotopic (exact) mass is 513 g/mol. The van der Waals surface area contributed by atoms with Gasteiger partial charge in [0.25, 0.3) is 5.91 Å². The van der Waals surface area contributed by atoms with Crippen LogP contribution in [-0.2, 0) is 6.42 Å². The molecule has 1 unspecified atom stereocenters. The van der Waals surface area contributed by atoms with Crippen molar-refractivity contribution in [2.24, 2.45) is 0 Å². The molecule has 1 aliphatic heterocycles. The molecule has 1 amide bonds. The van der Waals surface area contributed by atoms with E-state index in [4.69, 9.17) is 18.6 Å². The SMILES string of the molecule is CCOc1ccc(C2c3c(oc4c(C)cc(C)cc4c3=O)C(=O)N2CCc2ccc(OC)c(OC)c2)cc1. The van der Waals surface area contributed by atoms with E-state index >= 15 is 0 Å². The fourth-order valence-electron chi connectivity index (χ4n) is 5.25. The van der Waals surface area contributed by atoms with E-state index in [0.717, 1.165) is 28.0 Å². The van der Waals surface area contributed by atoms with Crippen molar-refractivity contribution in [3.05, 3.63) is 98.4 Å². The Balaban J connectivity index is 1.60. The Labute approximate surface area is 221 Å². The van der Waals surface area contributed by atoms with Crippen LogP contribution in [0.1, 0.15) is 51.3 Å². The average Bonchev–Trinajstić information content (AvgIpc) is 3.20. The molecule has 4 aromatic rings. The number of amides is 1. The quantitative estimate of drug-likeness (QED) is 0.305. The number of carbonyl (C=O) groups excluding carboxylic acids is 1. The Morgan fingerprint density at radius 1 is 0.921 bits per heavy atom. The molecule has 7 nitrogen and oxygen atoms in total. The predicted molar refractivity (Wildman–Crippen MR) is 146 cm³/mol. The molecule has 38 heavy (non-hydrogen) atoms. The zero-order valence-electron chi connectivity index (χ0n) is 22.3. The summed E-state index contributed by atoms with van der Waals surface area (Å²) in [6, 6.07) is 16.5. The smallest absolute Gasteiger partial charge is 0.290 e. The highest BCUT2D eigenvalue weighted by Crippen LogP contribution is 2.39. The molecule has 1 aliphatic rings. The summed E-state index contributed by atoms with van der Waals surface area (Å²) in [7, 11) is 3.19. The zero-order valence-corrected chi connectivity index (χ0v) is 22.3. The minimum Gasteiger partial charge on any atom is -0.494 e. The summed E-state index contributed by atoms with van der Waals surface area (Å²) in [6.45, 7) is 6.70. The summed E-state index contributed by atoms with van der Waals surface area (Å²) in [5, 5.41) is 0.492. The first-order valence-corrected chi connectivity index (χ1v) is 12.7. The van der Waals surface area contributed by atoms with Crippen LogP contribution in [0.4, 0.5) is 0 Å². The second-order valence-corrected chi connectivity index (χ2v) is 9.47. The third-order valence-electron chi connectivity index (χ3n) is 6.99. The summed E-state index contributed by atoms with van der Waals surface area (Å²) in [6.07, 6.45) is 0.555. The highest BCUT2D eigenvalue weighted by Gasteiger charge is 2.42. The Morgan fingerprint density at radius 3 is 2.34 bits per heavy atom. The van der Waals surface area contributed by atoms with Crippen molar-refractivity contribution < 1.29 is 23.4 Å². The van der Waals surface area contributed by atoms with Crippen LogP contribution in [0.2, 0.25) is 0 Å². The molecule has 0 radical (unpaired) electrons. The van der Waals surface area contributed by atoms with Crippen LogP contribution in [0.15, 0.2) is 63.8 Å². The first kappa shape index (κ1) is 25.4. The Morgan fingerprint density at radius 2 is 1.66 bits per heavy atom. The lowest BCUT2D eigenvalue weighted by Crippen LogP contribution is -2.31. The normalized spacial score (nSPS) is 14.6. The molecule has 0 fully saturated rings. The Hall–Kier alpha value is -4.26. The largest absolute Gasteiger partial charge is 0.494 e. The molecule has 0 N–H and O–H groups in total. The van der Waals surface area contributed by atoms with Gasteiger partial charge in [0.05, 0.1) is 37.8 Å².